The van der Waals surface area contributed by atoms with E-state index in [1.165, 1.54) is 12.1 Å². The molecule has 0 amide bonds. The molecule has 21 heavy (non-hydrogen) atoms. The van der Waals surface area contributed by atoms with Crippen LogP contribution >= 0.6 is 11.6 Å². The molecule has 0 aromatic heterocycles. The molecular weight excluding hydrogens is 304 g/mol. The van der Waals surface area contributed by atoms with Gasteiger partial charge in [0.25, 0.3) is 0 Å². The van der Waals surface area contributed by atoms with Crippen molar-refractivity contribution in [2.75, 3.05) is 0 Å². The quantitative estimate of drug-likeness (QED) is 0.507. The predicted molar refractivity (Wildman–Crippen MR) is 75.2 cm³/mol. The molecule has 0 radical (unpaired) electrons. The van der Waals surface area contributed by atoms with E-state index < -0.39 is 17.7 Å². The van der Waals surface area contributed by atoms with Crippen LogP contribution in [0.2, 0.25) is 0 Å². The van der Waals surface area contributed by atoms with E-state index in [1.807, 2.05) is 30.3 Å². The minimum atomic E-state index is -4.25. The van der Waals surface area contributed by atoms with Gasteiger partial charge in [0, 0.05) is 0 Å². The van der Waals surface area contributed by atoms with Crippen LogP contribution in [0.25, 0.3) is 0 Å². The van der Waals surface area contributed by atoms with Crippen molar-refractivity contribution in [1.29, 1.82) is 0 Å². The maximum Gasteiger partial charge on any atom is 0.327 e. The second-order valence-corrected chi connectivity index (χ2v) is 5.18. The summed E-state index contributed by atoms with van der Waals surface area (Å²) in [5.74, 6) is -4.25. The van der Waals surface area contributed by atoms with Crippen molar-refractivity contribution in [2.24, 2.45) is 0 Å². The van der Waals surface area contributed by atoms with Crippen molar-refractivity contribution >= 4 is 11.6 Å². The fraction of sp³-hybridized carbons (Fsp3) is 0.250. The first-order valence-electron chi connectivity index (χ1n) is 6.34. The SMILES string of the molecule is FC(F)C(F)(F)C(Cl)c1ccc(Cc2ccccc2)cc1. The van der Waals surface area contributed by atoms with Crippen molar-refractivity contribution in [1.82, 2.24) is 0 Å². The van der Waals surface area contributed by atoms with Crippen LogP contribution in [0.15, 0.2) is 54.6 Å². The fourth-order valence-corrected chi connectivity index (χ4v) is 2.21. The third-order valence-electron chi connectivity index (χ3n) is 3.15. The minimum Gasteiger partial charge on any atom is -0.204 e. The molecular formula is C16H13ClF4. The lowest BCUT2D eigenvalue weighted by molar-refractivity contribution is -0.130. The highest BCUT2D eigenvalue weighted by Gasteiger charge is 2.48. The smallest absolute Gasteiger partial charge is 0.204 e. The molecule has 0 saturated carbocycles. The lowest BCUT2D eigenvalue weighted by atomic mass is 10.0. The van der Waals surface area contributed by atoms with E-state index in [9.17, 15) is 17.6 Å². The molecule has 112 valence electrons. The number of hydrogen-bond donors (Lipinski definition) is 0. The van der Waals surface area contributed by atoms with Gasteiger partial charge in [0.2, 0.25) is 0 Å². The largest absolute Gasteiger partial charge is 0.327 e. The summed E-state index contributed by atoms with van der Waals surface area (Å²) in [5, 5.41) is -2.04. The maximum absolute atomic E-state index is 13.2. The van der Waals surface area contributed by atoms with E-state index in [4.69, 9.17) is 11.6 Å². The second-order valence-electron chi connectivity index (χ2n) is 4.74. The van der Waals surface area contributed by atoms with Gasteiger partial charge >= 0.3 is 12.3 Å². The lowest BCUT2D eigenvalue weighted by Crippen LogP contribution is -2.31. The number of halogens is 5. The lowest BCUT2D eigenvalue weighted by Gasteiger charge is -2.21. The van der Waals surface area contributed by atoms with Gasteiger partial charge in [0.05, 0.1) is 0 Å². The van der Waals surface area contributed by atoms with Crippen LogP contribution in [0.3, 0.4) is 0 Å². The van der Waals surface area contributed by atoms with Gasteiger partial charge in [0.1, 0.15) is 5.38 Å². The van der Waals surface area contributed by atoms with Gasteiger partial charge in [-0.3, -0.25) is 0 Å². The normalized spacial score (nSPS) is 13.4. The monoisotopic (exact) mass is 316 g/mol. The van der Waals surface area contributed by atoms with Gasteiger partial charge in [-0.15, -0.1) is 11.6 Å². The first kappa shape index (κ1) is 15.8. The van der Waals surface area contributed by atoms with Gasteiger partial charge in [0.15, 0.2) is 0 Å². The van der Waals surface area contributed by atoms with Crippen molar-refractivity contribution in [3.8, 4) is 0 Å². The number of rotatable bonds is 5. The van der Waals surface area contributed by atoms with Crippen LogP contribution in [0, 0.1) is 0 Å². The highest BCUT2D eigenvalue weighted by Crippen LogP contribution is 2.41. The second kappa shape index (κ2) is 6.48. The number of benzene rings is 2. The van der Waals surface area contributed by atoms with E-state index in [2.05, 4.69) is 0 Å². The Kier molecular flexibility index (Phi) is 4.88. The number of hydrogen-bond acceptors (Lipinski definition) is 0. The van der Waals surface area contributed by atoms with Gasteiger partial charge in [-0.25, -0.2) is 8.78 Å². The molecule has 0 spiro atoms. The van der Waals surface area contributed by atoms with Gasteiger partial charge in [-0.2, -0.15) is 8.78 Å². The summed E-state index contributed by atoms with van der Waals surface area (Å²) in [5.41, 5.74) is 1.96. The summed E-state index contributed by atoms with van der Waals surface area (Å²) < 4.78 is 50.9. The van der Waals surface area contributed by atoms with Gasteiger partial charge in [-0.05, 0) is 23.1 Å². The number of alkyl halides is 5. The van der Waals surface area contributed by atoms with Crippen LogP contribution in [-0.2, 0) is 6.42 Å². The first-order chi connectivity index (χ1) is 9.91. The molecule has 2 aromatic rings. The zero-order valence-electron chi connectivity index (χ0n) is 10.9. The minimum absolute atomic E-state index is 0.0150. The molecule has 0 heterocycles. The topological polar surface area (TPSA) is 0 Å². The average molecular weight is 317 g/mol. The van der Waals surface area contributed by atoms with Crippen molar-refractivity contribution in [3.63, 3.8) is 0 Å². The molecule has 0 aliphatic carbocycles. The average Bonchev–Trinajstić information content (AvgIpc) is 2.48. The molecule has 1 unspecified atom stereocenters. The van der Waals surface area contributed by atoms with E-state index in [0.29, 0.717) is 6.42 Å². The highest BCUT2D eigenvalue weighted by atomic mass is 35.5. The Hall–Kier alpha value is -1.55. The molecule has 5 heteroatoms. The summed E-state index contributed by atoms with van der Waals surface area (Å²) in [7, 11) is 0. The van der Waals surface area contributed by atoms with E-state index in [1.54, 1.807) is 12.1 Å². The van der Waals surface area contributed by atoms with Crippen LogP contribution in [0.5, 0.6) is 0 Å². The Morgan fingerprint density at radius 1 is 0.857 bits per heavy atom. The summed E-state index contributed by atoms with van der Waals surface area (Å²) in [4.78, 5) is 0. The van der Waals surface area contributed by atoms with Crippen LogP contribution in [0.1, 0.15) is 22.1 Å². The first-order valence-corrected chi connectivity index (χ1v) is 6.77. The molecule has 0 aliphatic rings. The molecule has 0 nitrogen and oxygen atoms in total. The molecule has 1 atom stereocenters. The maximum atomic E-state index is 13.2. The van der Waals surface area contributed by atoms with Crippen molar-refractivity contribution in [3.05, 3.63) is 71.3 Å². The Bertz CT molecular complexity index is 567. The van der Waals surface area contributed by atoms with Crippen LogP contribution in [0.4, 0.5) is 17.6 Å². The van der Waals surface area contributed by atoms with E-state index >= 15 is 0 Å². The molecule has 0 saturated heterocycles. The van der Waals surface area contributed by atoms with E-state index in [-0.39, 0.29) is 5.56 Å². The molecule has 0 aliphatic heterocycles. The third kappa shape index (κ3) is 3.76. The van der Waals surface area contributed by atoms with Gasteiger partial charge < -0.3 is 0 Å². The molecule has 0 fully saturated rings. The summed E-state index contributed by atoms with van der Waals surface area (Å²) in [6.07, 6.45) is -3.15. The highest BCUT2D eigenvalue weighted by molar-refractivity contribution is 6.21. The zero-order valence-corrected chi connectivity index (χ0v) is 11.7. The Balaban J connectivity index is 2.12. The molecule has 2 aromatic carbocycles. The molecule has 0 bridgehead atoms. The van der Waals surface area contributed by atoms with E-state index in [0.717, 1.165) is 11.1 Å². The molecule has 0 N–H and O–H groups in total. The summed E-state index contributed by atoms with van der Waals surface area (Å²) in [6, 6.07) is 15.6. The predicted octanol–water partition coefficient (Wildman–Crippen LogP) is 5.46. The van der Waals surface area contributed by atoms with Gasteiger partial charge in [-0.1, -0.05) is 54.6 Å². The zero-order chi connectivity index (χ0) is 15.5. The summed E-state index contributed by atoms with van der Waals surface area (Å²) in [6.45, 7) is 0. The Morgan fingerprint density at radius 3 is 1.90 bits per heavy atom. The Labute approximate surface area is 125 Å². The van der Waals surface area contributed by atoms with Crippen LogP contribution < -0.4 is 0 Å². The van der Waals surface area contributed by atoms with Crippen molar-refractivity contribution < 1.29 is 17.6 Å². The summed E-state index contributed by atoms with van der Waals surface area (Å²) >= 11 is 5.48. The standard InChI is InChI=1S/C16H13ClF4/c17-14(16(20,21)15(18)19)13-8-6-12(7-9-13)10-11-4-2-1-3-5-11/h1-9,14-15H,10H2. The fourth-order valence-electron chi connectivity index (χ4n) is 1.97. The molecule has 2 rings (SSSR count). The Morgan fingerprint density at radius 2 is 1.38 bits per heavy atom. The van der Waals surface area contributed by atoms with Crippen LogP contribution in [-0.4, -0.2) is 12.3 Å². The van der Waals surface area contributed by atoms with Crippen molar-refractivity contribution in [2.45, 2.75) is 24.1 Å². The third-order valence-corrected chi connectivity index (χ3v) is 3.70.